The van der Waals surface area contributed by atoms with Gasteiger partial charge >= 0.3 is 19.7 Å². The van der Waals surface area contributed by atoms with Crippen molar-refractivity contribution in [1.29, 1.82) is 5.26 Å². The standard InChI is InChI=1S/C19H18F3N2O5P/c1-11-17(30(26)28-8-5-9-29-30)15(16(18(25)27-2)14(10-23)24-11)12-6-3-4-7-13(12)19(20,21)22/h3-4,6-7,15,24H,5,8-9H2,1-2H3. The maximum Gasteiger partial charge on any atom is 0.416 e. The van der Waals surface area contributed by atoms with Crippen molar-refractivity contribution in [3.05, 3.63) is 57.7 Å². The lowest BCUT2D eigenvalue weighted by molar-refractivity contribution is -0.139. The number of benzene rings is 1. The molecular formula is C19H18F3N2O5P. The second-order valence-corrected chi connectivity index (χ2v) is 8.56. The van der Waals surface area contributed by atoms with Gasteiger partial charge in [0, 0.05) is 5.70 Å². The van der Waals surface area contributed by atoms with Gasteiger partial charge in [0.05, 0.1) is 42.7 Å². The van der Waals surface area contributed by atoms with Gasteiger partial charge in [-0.15, -0.1) is 0 Å². The van der Waals surface area contributed by atoms with Crippen molar-refractivity contribution >= 4 is 13.6 Å². The molecule has 0 aromatic heterocycles. The minimum Gasteiger partial charge on any atom is -0.466 e. The number of hydrogen-bond acceptors (Lipinski definition) is 7. The van der Waals surface area contributed by atoms with Gasteiger partial charge in [-0.3, -0.25) is 4.57 Å². The van der Waals surface area contributed by atoms with E-state index in [1.807, 2.05) is 0 Å². The molecule has 0 aliphatic carbocycles. The number of allylic oxidation sites excluding steroid dienone is 3. The van der Waals surface area contributed by atoms with Gasteiger partial charge in [-0.25, -0.2) is 4.79 Å². The summed E-state index contributed by atoms with van der Waals surface area (Å²) in [5, 5.41) is 12.0. The summed E-state index contributed by atoms with van der Waals surface area (Å²) in [6.45, 7) is 1.58. The predicted octanol–water partition coefficient (Wildman–Crippen LogP) is 4.20. The van der Waals surface area contributed by atoms with Crippen LogP contribution in [0.4, 0.5) is 13.2 Å². The second kappa shape index (κ2) is 8.26. The Balaban J connectivity index is 2.35. The molecule has 7 nitrogen and oxygen atoms in total. The van der Waals surface area contributed by atoms with Crippen molar-refractivity contribution in [3.63, 3.8) is 0 Å². The van der Waals surface area contributed by atoms with Crippen LogP contribution in [-0.2, 0) is 29.3 Å². The fourth-order valence-electron chi connectivity index (χ4n) is 3.51. The number of ether oxygens (including phenoxy) is 1. The molecule has 2 heterocycles. The highest BCUT2D eigenvalue weighted by atomic mass is 31.2. The normalized spacial score (nSPS) is 21.7. The van der Waals surface area contributed by atoms with Crippen LogP contribution in [0.2, 0.25) is 0 Å². The van der Waals surface area contributed by atoms with Crippen molar-refractivity contribution in [2.45, 2.75) is 25.4 Å². The van der Waals surface area contributed by atoms with E-state index in [1.165, 1.54) is 25.1 Å². The first-order valence-corrected chi connectivity index (χ1v) is 10.4. The lowest BCUT2D eigenvalue weighted by Crippen LogP contribution is -2.31. The van der Waals surface area contributed by atoms with Crippen molar-refractivity contribution in [2.24, 2.45) is 0 Å². The smallest absolute Gasteiger partial charge is 0.416 e. The average molecular weight is 442 g/mol. The van der Waals surface area contributed by atoms with E-state index in [0.717, 1.165) is 13.2 Å². The molecule has 1 aromatic carbocycles. The molecule has 0 radical (unpaired) electrons. The SMILES string of the molecule is COC(=O)C1=C(C#N)NC(C)=C(P2(=O)OCCCO2)C1c1ccccc1C(F)(F)F. The molecule has 11 heteroatoms. The number of carbonyl (C=O) groups excluding carboxylic acids is 1. The van der Waals surface area contributed by atoms with Gasteiger partial charge in [0.2, 0.25) is 0 Å². The summed E-state index contributed by atoms with van der Waals surface area (Å²) in [5.41, 5.74) is -1.98. The Kier molecular flexibility index (Phi) is 6.09. The van der Waals surface area contributed by atoms with Gasteiger partial charge < -0.3 is 19.1 Å². The van der Waals surface area contributed by atoms with E-state index in [4.69, 9.17) is 13.8 Å². The Labute approximate surface area is 170 Å². The van der Waals surface area contributed by atoms with E-state index in [-0.39, 0.29) is 35.5 Å². The quantitative estimate of drug-likeness (QED) is 0.553. The van der Waals surface area contributed by atoms with Crippen LogP contribution in [-0.4, -0.2) is 26.3 Å². The molecule has 0 spiro atoms. The molecule has 3 rings (SSSR count). The average Bonchev–Trinajstić information content (AvgIpc) is 2.72. The zero-order valence-corrected chi connectivity index (χ0v) is 17.0. The summed E-state index contributed by atoms with van der Waals surface area (Å²) in [6, 6.07) is 6.35. The molecule has 1 unspecified atom stereocenters. The molecular weight excluding hydrogens is 424 g/mol. The molecule has 1 aromatic rings. The molecule has 1 fully saturated rings. The number of esters is 1. The minimum absolute atomic E-state index is 0.0735. The number of rotatable bonds is 3. The van der Waals surface area contributed by atoms with Crippen molar-refractivity contribution < 1.29 is 36.3 Å². The third kappa shape index (κ3) is 3.88. The lowest BCUT2D eigenvalue weighted by atomic mass is 9.83. The molecule has 1 atom stereocenters. The summed E-state index contributed by atoms with van der Waals surface area (Å²) < 4.78 is 70.4. The number of nitrogens with one attached hydrogen (secondary N) is 1. The molecule has 0 bridgehead atoms. The van der Waals surface area contributed by atoms with Gasteiger partial charge in [-0.1, -0.05) is 18.2 Å². The minimum atomic E-state index is -4.77. The van der Waals surface area contributed by atoms with Crippen LogP contribution < -0.4 is 5.32 Å². The van der Waals surface area contributed by atoms with E-state index in [0.29, 0.717) is 6.42 Å². The summed E-state index contributed by atoms with van der Waals surface area (Å²) in [7, 11) is -3.03. The highest BCUT2D eigenvalue weighted by Gasteiger charge is 2.48. The monoisotopic (exact) mass is 442 g/mol. The van der Waals surface area contributed by atoms with E-state index in [1.54, 1.807) is 6.07 Å². The number of alkyl halides is 3. The van der Waals surface area contributed by atoms with E-state index >= 15 is 0 Å². The zero-order valence-electron chi connectivity index (χ0n) is 16.1. The van der Waals surface area contributed by atoms with Crippen molar-refractivity contribution in [2.75, 3.05) is 20.3 Å². The lowest BCUT2D eigenvalue weighted by Gasteiger charge is -2.35. The Hall–Kier alpha value is -2.60. The second-order valence-electron chi connectivity index (χ2n) is 6.56. The Morgan fingerprint density at radius 1 is 1.30 bits per heavy atom. The van der Waals surface area contributed by atoms with Crippen LogP contribution in [0.15, 0.2) is 46.5 Å². The number of nitriles is 1. The third-order valence-electron chi connectivity index (χ3n) is 4.73. The number of hydrogen-bond donors (Lipinski definition) is 1. The highest BCUT2D eigenvalue weighted by molar-refractivity contribution is 7.58. The predicted molar refractivity (Wildman–Crippen MR) is 98.8 cm³/mol. The number of nitrogens with zero attached hydrogens (tertiary/aromatic N) is 1. The topological polar surface area (TPSA) is 97.7 Å². The van der Waals surface area contributed by atoms with Gasteiger partial charge in [0.15, 0.2) is 0 Å². The Morgan fingerprint density at radius 2 is 1.93 bits per heavy atom. The fourth-order valence-corrected chi connectivity index (χ4v) is 5.66. The molecule has 1 N–H and O–H groups in total. The van der Waals surface area contributed by atoms with Crippen LogP contribution >= 0.6 is 7.60 Å². The third-order valence-corrected chi connectivity index (χ3v) is 6.96. The van der Waals surface area contributed by atoms with Gasteiger partial charge in [-0.2, -0.15) is 18.4 Å². The number of halogens is 3. The van der Waals surface area contributed by atoms with Crippen LogP contribution in [0, 0.1) is 11.3 Å². The Bertz CT molecular complexity index is 1020. The van der Waals surface area contributed by atoms with Gasteiger partial charge in [0.25, 0.3) is 0 Å². The maximum atomic E-state index is 13.8. The van der Waals surface area contributed by atoms with Crippen molar-refractivity contribution in [3.8, 4) is 6.07 Å². The molecule has 0 amide bonds. The van der Waals surface area contributed by atoms with E-state index < -0.39 is 36.8 Å². The van der Waals surface area contributed by atoms with Crippen molar-refractivity contribution in [1.82, 2.24) is 5.32 Å². The number of carbonyl (C=O) groups is 1. The van der Waals surface area contributed by atoms with Crippen LogP contribution in [0.5, 0.6) is 0 Å². The van der Waals surface area contributed by atoms with Gasteiger partial charge in [-0.05, 0) is 25.0 Å². The summed E-state index contributed by atoms with van der Waals surface area (Å²) in [6.07, 6.45) is -4.31. The summed E-state index contributed by atoms with van der Waals surface area (Å²) >= 11 is 0. The molecule has 1 saturated heterocycles. The molecule has 30 heavy (non-hydrogen) atoms. The number of methoxy groups -OCH3 is 1. The van der Waals surface area contributed by atoms with Crippen LogP contribution in [0.3, 0.4) is 0 Å². The molecule has 2 aliphatic heterocycles. The zero-order chi connectivity index (χ0) is 22.1. The van der Waals surface area contributed by atoms with E-state index in [2.05, 4.69) is 5.32 Å². The summed E-state index contributed by atoms with van der Waals surface area (Å²) in [4.78, 5) is 12.6. The first-order valence-electron chi connectivity index (χ1n) is 8.90. The number of dihydropyridines is 1. The first kappa shape index (κ1) is 22.1. The summed E-state index contributed by atoms with van der Waals surface area (Å²) in [5.74, 6) is -2.55. The maximum absolute atomic E-state index is 13.8. The molecule has 2 aliphatic rings. The molecule has 160 valence electrons. The first-order chi connectivity index (χ1) is 14.1. The van der Waals surface area contributed by atoms with Crippen LogP contribution in [0.25, 0.3) is 0 Å². The Morgan fingerprint density at radius 3 is 2.50 bits per heavy atom. The van der Waals surface area contributed by atoms with E-state index in [9.17, 15) is 27.8 Å². The van der Waals surface area contributed by atoms with Crippen LogP contribution in [0.1, 0.15) is 30.4 Å². The van der Waals surface area contributed by atoms with Gasteiger partial charge in [0.1, 0.15) is 11.8 Å². The fraction of sp³-hybridized carbons (Fsp3) is 0.368. The largest absolute Gasteiger partial charge is 0.466 e. The molecule has 0 saturated carbocycles. The highest BCUT2D eigenvalue weighted by Crippen LogP contribution is 2.65.